The fraction of sp³-hybridized carbons (Fsp3) is 0.304. The Labute approximate surface area is 191 Å². The molecular weight excluding hydrogens is 436 g/mol. The molecule has 1 atom stereocenters. The number of halogens is 1. The fourth-order valence-electron chi connectivity index (χ4n) is 2.93. The Balaban J connectivity index is 1.88. The number of ether oxygens (including phenoxy) is 1. The summed E-state index contributed by atoms with van der Waals surface area (Å²) in [4.78, 5) is 20.1. The lowest BCUT2D eigenvalue weighted by Gasteiger charge is -2.18. The van der Waals surface area contributed by atoms with Gasteiger partial charge in [0.15, 0.2) is 5.17 Å². The van der Waals surface area contributed by atoms with Crippen LogP contribution in [0.2, 0.25) is 5.02 Å². The molecule has 1 saturated heterocycles. The highest BCUT2D eigenvalue weighted by molar-refractivity contribution is 8.19. The third-order valence-electron chi connectivity index (χ3n) is 4.53. The first-order chi connectivity index (χ1) is 14.9. The van der Waals surface area contributed by atoms with Crippen molar-refractivity contribution in [2.75, 3.05) is 24.7 Å². The molecule has 2 N–H and O–H groups in total. The number of aryl methyl sites for hydroxylation is 1. The second-order valence-electron chi connectivity index (χ2n) is 7.04. The van der Waals surface area contributed by atoms with Gasteiger partial charge in [0.25, 0.3) is 5.91 Å². The van der Waals surface area contributed by atoms with E-state index in [4.69, 9.17) is 21.4 Å². The van der Waals surface area contributed by atoms with E-state index in [-0.39, 0.29) is 19.1 Å². The van der Waals surface area contributed by atoms with E-state index >= 15 is 0 Å². The maximum atomic E-state index is 13.2. The van der Waals surface area contributed by atoms with E-state index in [1.165, 1.54) is 11.8 Å². The number of aliphatic imine (C=N–C) groups is 1. The Kier molecular flexibility index (Phi) is 8.15. The fourth-order valence-corrected chi connectivity index (χ4v) is 4.17. The van der Waals surface area contributed by atoms with Crippen LogP contribution in [0.5, 0.6) is 5.75 Å². The van der Waals surface area contributed by atoms with E-state index in [0.29, 0.717) is 27.4 Å². The van der Waals surface area contributed by atoms with Gasteiger partial charge in [-0.25, -0.2) is 0 Å². The zero-order chi connectivity index (χ0) is 22.4. The lowest BCUT2D eigenvalue weighted by atomic mass is 10.1. The molecule has 8 heteroatoms. The molecule has 3 rings (SSSR count). The van der Waals surface area contributed by atoms with Gasteiger partial charge in [0.2, 0.25) is 0 Å². The van der Waals surface area contributed by atoms with Crippen LogP contribution >= 0.6 is 23.4 Å². The summed E-state index contributed by atoms with van der Waals surface area (Å²) in [5, 5.41) is 19.3. The van der Waals surface area contributed by atoms with E-state index in [1.807, 2.05) is 38.1 Å². The van der Waals surface area contributed by atoms with Gasteiger partial charge in [-0.15, -0.1) is 0 Å². The molecule has 0 bridgehead atoms. The molecule has 0 saturated carbocycles. The lowest BCUT2D eigenvalue weighted by Crippen LogP contribution is -2.29. The summed E-state index contributed by atoms with van der Waals surface area (Å²) in [5.41, 5.74) is 2.57. The Morgan fingerprint density at radius 2 is 2.06 bits per heavy atom. The predicted octanol–water partition coefficient (Wildman–Crippen LogP) is 4.27. The van der Waals surface area contributed by atoms with Crippen LogP contribution in [0.1, 0.15) is 24.5 Å². The Morgan fingerprint density at radius 3 is 2.74 bits per heavy atom. The highest BCUT2D eigenvalue weighted by Gasteiger charge is 2.35. The Hall–Kier alpha value is -2.32. The first-order valence-electron chi connectivity index (χ1n) is 10.00. The van der Waals surface area contributed by atoms with E-state index in [9.17, 15) is 9.90 Å². The number of carbonyl (C=O) groups excluding carboxylic acids is 1. The van der Waals surface area contributed by atoms with E-state index in [2.05, 4.69) is 4.99 Å². The van der Waals surface area contributed by atoms with Gasteiger partial charge < -0.3 is 14.9 Å². The van der Waals surface area contributed by atoms with Crippen LogP contribution in [-0.4, -0.2) is 47.2 Å². The number of anilines is 1. The van der Waals surface area contributed by atoms with Gasteiger partial charge in [0.1, 0.15) is 18.5 Å². The maximum Gasteiger partial charge on any atom is 0.271 e. The summed E-state index contributed by atoms with van der Waals surface area (Å²) in [7, 11) is 0. The summed E-state index contributed by atoms with van der Waals surface area (Å²) < 4.78 is 5.42. The first-order valence-corrected chi connectivity index (χ1v) is 11.2. The minimum Gasteiger partial charge on any atom is -0.489 e. The van der Waals surface area contributed by atoms with E-state index in [1.54, 1.807) is 29.2 Å². The number of benzene rings is 2. The number of rotatable bonds is 8. The summed E-state index contributed by atoms with van der Waals surface area (Å²) in [6, 6.07) is 12.9. The number of hydrogen-bond donors (Lipinski definition) is 2. The molecule has 0 aromatic heterocycles. The van der Waals surface area contributed by atoms with Gasteiger partial charge in [-0.05, 0) is 60.5 Å². The summed E-state index contributed by atoms with van der Waals surface area (Å²) in [6.45, 7) is 4.21. The molecule has 0 radical (unpaired) electrons. The molecule has 1 amide bonds. The Morgan fingerprint density at radius 1 is 1.29 bits per heavy atom. The van der Waals surface area contributed by atoms with Crippen molar-refractivity contribution in [1.82, 2.24) is 0 Å². The normalized spacial score (nSPS) is 17.6. The molecule has 1 aliphatic rings. The van der Waals surface area contributed by atoms with Crippen LogP contribution in [0.3, 0.4) is 0 Å². The van der Waals surface area contributed by atoms with Crippen molar-refractivity contribution >= 4 is 46.2 Å². The third-order valence-corrected chi connectivity index (χ3v) is 5.83. The van der Waals surface area contributed by atoms with Crippen molar-refractivity contribution in [1.29, 1.82) is 0 Å². The summed E-state index contributed by atoms with van der Waals surface area (Å²) >= 11 is 7.64. The zero-order valence-corrected chi connectivity index (χ0v) is 19.0. The van der Waals surface area contributed by atoms with Crippen molar-refractivity contribution in [3.8, 4) is 5.75 Å². The van der Waals surface area contributed by atoms with Gasteiger partial charge in [-0.1, -0.05) is 42.8 Å². The van der Waals surface area contributed by atoms with Crippen LogP contribution in [0, 0.1) is 6.92 Å². The summed E-state index contributed by atoms with van der Waals surface area (Å²) in [5.74, 6) is 0.269. The second-order valence-corrected chi connectivity index (χ2v) is 8.46. The standard InChI is InChI=1S/C23H25ClN2O4S/c1-3-10-25-23-26(19-7-5-4-6-15(19)2)22(29)21(31-23)12-16-8-9-20(18(24)11-16)30-14-17(28)13-27/h4-9,11-12,17,27-28H,3,10,13-14H2,1-2H3/b21-12+,25-23-. The quantitative estimate of drug-likeness (QED) is 0.575. The number of para-hydroxylation sites is 1. The number of amidine groups is 1. The number of amides is 1. The van der Waals surface area contributed by atoms with Crippen molar-refractivity contribution in [3.05, 3.63) is 63.5 Å². The zero-order valence-electron chi connectivity index (χ0n) is 17.4. The molecule has 6 nitrogen and oxygen atoms in total. The van der Waals surface area contributed by atoms with Crippen molar-refractivity contribution < 1.29 is 19.7 Å². The smallest absolute Gasteiger partial charge is 0.271 e. The van der Waals surface area contributed by atoms with Crippen LogP contribution in [-0.2, 0) is 4.79 Å². The SMILES string of the molecule is CCC/N=C1\S/C(=C/c2ccc(OCC(O)CO)c(Cl)c2)C(=O)N1c1ccccc1C. The highest BCUT2D eigenvalue weighted by atomic mass is 35.5. The lowest BCUT2D eigenvalue weighted by molar-refractivity contribution is -0.113. The third kappa shape index (κ3) is 5.68. The number of thioether (sulfide) groups is 1. The minimum atomic E-state index is -0.973. The van der Waals surface area contributed by atoms with Crippen molar-refractivity contribution in [3.63, 3.8) is 0 Å². The molecule has 2 aromatic carbocycles. The van der Waals surface area contributed by atoms with Gasteiger partial charge >= 0.3 is 0 Å². The minimum absolute atomic E-state index is 0.0619. The second kappa shape index (κ2) is 10.8. The van der Waals surface area contributed by atoms with Crippen LogP contribution < -0.4 is 9.64 Å². The average molecular weight is 461 g/mol. The molecule has 0 spiro atoms. The van der Waals surface area contributed by atoms with E-state index < -0.39 is 6.10 Å². The molecule has 1 aliphatic heterocycles. The number of carbonyl (C=O) groups is 1. The van der Waals surface area contributed by atoms with Gasteiger partial charge in [-0.3, -0.25) is 14.7 Å². The molecular formula is C23H25ClN2O4S. The topological polar surface area (TPSA) is 82.4 Å². The van der Waals surface area contributed by atoms with Crippen LogP contribution in [0.25, 0.3) is 6.08 Å². The molecule has 31 heavy (non-hydrogen) atoms. The number of hydrogen-bond acceptors (Lipinski definition) is 6. The molecule has 1 unspecified atom stereocenters. The van der Waals surface area contributed by atoms with E-state index in [0.717, 1.165) is 23.2 Å². The van der Waals surface area contributed by atoms with Gasteiger partial charge in [0.05, 0.1) is 22.2 Å². The maximum absolute atomic E-state index is 13.2. The van der Waals surface area contributed by atoms with Crippen molar-refractivity contribution in [2.45, 2.75) is 26.4 Å². The molecule has 0 aliphatic carbocycles. The molecule has 164 valence electrons. The number of aliphatic hydroxyl groups excluding tert-OH is 2. The predicted molar refractivity (Wildman–Crippen MR) is 127 cm³/mol. The van der Waals surface area contributed by atoms with Crippen LogP contribution in [0.15, 0.2) is 52.4 Å². The van der Waals surface area contributed by atoms with Gasteiger partial charge in [-0.2, -0.15) is 0 Å². The molecule has 1 fully saturated rings. The molecule has 2 aromatic rings. The number of nitrogens with zero attached hydrogens (tertiary/aromatic N) is 2. The summed E-state index contributed by atoms with van der Waals surface area (Å²) in [6.07, 6.45) is 1.70. The number of aliphatic hydroxyl groups is 2. The molecule has 1 heterocycles. The Bertz CT molecular complexity index is 1010. The average Bonchev–Trinajstić information content (AvgIpc) is 3.06. The van der Waals surface area contributed by atoms with Crippen LogP contribution in [0.4, 0.5) is 5.69 Å². The first kappa shape index (κ1) is 23.3. The highest BCUT2D eigenvalue weighted by Crippen LogP contribution is 2.38. The van der Waals surface area contributed by atoms with Crippen molar-refractivity contribution in [2.24, 2.45) is 4.99 Å². The monoisotopic (exact) mass is 460 g/mol. The van der Waals surface area contributed by atoms with Gasteiger partial charge in [0, 0.05) is 6.54 Å². The largest absolute Gasteiger partial charge is 0.489 e.